The Kier molecular flexibility index (Phi) is 16.8. The van der Waals surface area contributed by atoms with E-state index in [1.54, 1.807) is 7.11 Å². The van der Waals surface area contributed by atoms with Gasteiger partial charge >= 0.3 is 0 Å². The van der Waals surface area contributed by atoms with E-state index < -0.39 is 61.4 Å². The Morgan fingerprint density at radius 2 is 0.767 bits per heavy atom. The molecule has 0 aromatic heterocycles. The molecule has 7 rings (SSSR count). The van der Waals surface area contributed by atoms with E-state index in [0.717, 1.165) is 27.8 Å². The average Bonchev–Trinajstić information content (AvgIpc) is 3.29. The third-order valence-electron chi connectivity index (χ3n) is 10.7. The normalized spacial score (nSPS) is 26.8. The first-order valence-electron chi connectivity index (χ1n) is 20.5. The molecule has 2 fully saturated rings. The smallest absolute Gasteiger partial charge is 0.187 e. The van der Waals surface area contributed by atoms with Gasteiger partial charge in [-0.25, -0.2) is 0 Å². The van der Waals surface area contributed by atoms with Crippen molar-refractivity contribution in [2.45, 2.75) is 94.4 Å². The SMILES string of the molecule is CO[C@@H]1[C@@H](OC)[C@H](O)O[C@H](COCc2ccccc2)[C@@H]1O[C@H]1O[C@H](COCc2ccccc2)[C@H](OCc2ccccc2)[C@H](OCc2ccccc2)[C@H]1OCc1ccccc1. The number of ether oxygens (including phenoxy) is 10. The van der Waals surface area contributed by atoms with Gasteiger partial charge in [-0.2, -0.15) is 0 Å². The lowest BCUT2D eigenvalue weighted by atomic mass is 9.96. The molecule has 0 aliphatic carbocycles. The predicted octanol–water partition coefficient (Wildman–Crippen LogP) is 7.03. The number of hydrogen-bond donors (Lipinski definition) is 1. The summed E-state index contributed by atoms with van der Waals surface area (Å²) in [6.07, 6.45) is -8.57. The molecule has 10 atom stereocenters. The van der Waals surface area contributed by atoms with Crippen LogP contribution in [0.15, 0.2) is 152 Å². The highest BCUT2D eigenvalue weighted by Crippen LogP contribution is 2.35. The van der Waals surface area contributed by atoms with Gasteiger partial charge in [0.15, 0.2) is 12.6 Å². The maximum Gasteiger partial charge on any atom is 0.187 e. The van der Waals surface area contributed by atoms with Crippen molar-refractivity contribution >= 4 is 0 Å². The van der Waals surface area contributed by atoms with E-state index in [2.05, 4.69) is 0 Å². The van der Waals surface area contributed by atoms with Gasteiger partial charge in [0.25, 0.3) is 0 Å². The van der Waals surface area contributed by atoms with Gasteiger partial charge in [-0.1, -0.05) is 152 Å². The molecule has 5 aromatic carbocycles. The second-order valence-corrected chi connectivity index (χ2v) is 14.9. The van der Waals surface area contributed by atoms with Gasteiger partial charge in [0.1, 0.15) is 48.8 Å². The molecule has 2 aliphatic rings. The van der Waals surface area contributed by atoms with Crippen molar-refractivity contribution in [3.05, 3.63) is 179 Å². The molecule has 2 heterocycles. The highest BCUT2D eigenvalue weighted by molar-refractivity contribution is 5.17. The van der Waals surface area contributed by atoms with Gasteiger partial charge < -0.3 is 52.5 Å². The molecule has 0 bridgehead atoms. The van der Waals surface area contributed by atoms with Gasteiger partial charge in [-0.3, -0.25) is 0 Å². The highest BCUT2D eigenvalue weighted by Gasteiger charge is 2.53. The molecule has 5 aromatic rings. The van der Waals surface area contributed by atoms with Crippen LogP contribution in [0.3, 0.4) is 0 Å². The van der Waals surface area contributed by atoms with Crippen LogP contribution >= 0.6 is 0 Å². The Morgan fingerprint density at radius 1 is 0.400 bits per heavy atom. The van der Waals surface area contributed by atoms with Crippen molar-refractivity contribution in [1.82, 2.24) is 0 Å². The summed E-state index contributed by atoms with van der Waals surface area (Å²) >= 11 is 0. The molecule has 0 amide bonds. The van der Waals surface area contributed by atoms with Crippen LogP contribution in [0.25, 0.3) is 0 Å². The second kappa shape index (κ2) is 23.0. The summed E-state index contributed by atoms with van der Waals surface area (Å²) < 4.78 is 65.2. The zero-order valence-electron chi connectivity index (χ0n) is 34.2. The molecule has 60 heavy (non-hydrogen) atoms. The van der Waals surface area contributed by atoms with E-state index in [-0.39, 0.29) is 26.4 Å². The van der Waals surface area contributed by atoms with Crippen LogP contribution in [0, 0.1) is 0 Å². The maximum atomic E-state index is 11.1. The summed E-state index contributed by atoms with van der Waals surface area (Å²) in [7, 11) is 3.05. The molecule has 318 valence electrons. The lowest BCUT2D eigenvalue weighted by molar-refractivity contribution is -0.370. The molecule has 0 spiro atoms. The summed E-state index contributed by atoms with van der Waals surface area (Å²) in [4.78, 5) is 0. The number of aliphatic hydroxyl groups excluding tert-OH is 1. The van der Waals surface area contributed by atoms with Gasteiger partial charge in [-0.15, -0.1) is 0 Å². The zero-order valence-corrected chi connectivity index (χ0v) is 34.2. The van der Waals surface area contributed by atoms with Crippen molar-refractivity contribution < 1.29 is 52.5 Å². The topological polar surface area (TPSA) is 113 Å². The molecule has 2 saturated heterocycles. The summed E-state index contributed by atoms with van der Waals surface area (Å²) in [5, 5.41) is 11.1. The molecule has 0 saturated carbocycles. The van der Waals surface area contributed by atoms with E-state index in [0.29, 0.717) is 19.8 Å². The first-order valence-corrected chi connectivity index (χ1v) is 20.5. The minimum Gasteiger partial charge on any atom is -0.376 e. The number of methoxy groups -OCH3 is 2. The standard InChI is InChI=1S/C49H56O11/c1-51-44-43(41(58-48(50)46(44)52-2)34-54-29-36-20-10-4-11-21-36)60-49-47(57-32-39-26-16-7-17-27-39)45(56-31-38-24-14-6-15-25-38)42(55-30-37-22-12-5-13-23-37)40(59-49)33-53-28-35-18-8-3-9-19-35/h3-27,40-50H,28-34H2,1-2H3/t40-,41-,42+,43+,44+,45+,46-,47-,48-,49-/m1/s1. The van der Waals surface area contributed by atoms with Gasteiger partial charge in [0.2, 0.25) is 0 Å². The fourth-order valence-electron chi connectivity index (χ4n) is 7.59. The van der Waals surface area contributed by atoms with Crippen LogP contribution in [0.2, 0.25) is 0 Å². The first kappa shape index (κ1) is 43.7. The molecular weight excluding hydrogens is 765 g/mol. The van der Waals surface area contributed by atoms with Crippen LogP contribution in [0.4, 0.5) is 0 Å². The maximum absolute atomic E-state index is 11.1. The number of rotatable bonds is 21. The van der Waals surface area contributed by atoms with Crippen LogP contribution in [0.5, 0.6) is 0 Å². The van der Waals surface area contributed by atoms with Gasteiger partial charge in [0, 0.05) is 14.2 Å². The average molecular weight is 821 g/mol. The molecule has 11 nitrogen and oxygen atoms in total. The third kappa shape index (κ3) is 12.2. The van der Waals surface area contributed by atoms with Crippen molar-refractivity contribution in [3.8, 4) is 0 Å². The molecule has 2 aliphatic heterocycles. The van der Waals surface area contributed by atoms with Crippen LogP contribution in [-0.2, 0) is 80.4 Å². The number of aliphatic hydroxyl groups is 1. The lowest BCUT2D eigenvalue weighted by Crippen LogP contribution is -2.66. The predicted molar refractivity (Wildman–Crippen MR) is 223 cm³/mol. The molecular formula is C49H56O11. The van der Waals surface area contributed by atoms with E-state index in [4.69, 9.17) is 47.4 Å². The van der Waals surface area contributed by atoms with Crippen molar-refractivity contribution in [2.75, 3.05) is 27.4 Å². The summed E-state index contributed by atoms with van der Waals surface area (Å²) in [6, 6.07) is 49.7. The fourth-order valence-corrected chi connectivity index (χ4v) is 7.59. The van der Waals surface area contributed by atoms with Crippen molar-refractivity contribution in [3.63, 3.8) is 0 Å². The van der Waals surface area contributed by atoms with Crippen molar-refractivity contribution in [1.29, 1.82) is 0 Å². The zero-order chi connectivity index (χ0) is 41.4. The second-order valence-electron chi connectivity index (χ2n) is 14.9. The fraction of sp³-hybridized carbons (Fsp3) is 0.388. The number of hydrogen-bond acceptors (Lipinski definition) is 11. The van der Waals surface area contributed by atoms with Crippen molar-refractivity contribution in [2.24, 2.45) is 0 Å². The van der Waals surface area contributed by atoms with E-state index >= 15 is 0 Å². The highest BCUT2D eigenvalue weighted by atomic mass is 16.7. The monoisotopic (exact) mass is 820 g/mol. The Balaban J connectivity index is 1.23. The Labute approximate surface area is 353 Å². The van der Waals surface area contributed by atoms with E-state index in [1.807, 2.05) is 152 Å². The Bertz CT molecular complexity index is 1910. The molecule has 11 heteroatoms. The van der Waals surface area contributed by atoms with Gasteiger partial charge in [0.05, 0.1) is 46.2 Å². The summed E-state index contributed by atoms with van der Waals surface area (Å²) in [5.74, 6) is 0. The van der Waals surface area contributed by atoms with E-state index in [9.17, 15) is 5.11 Å². The Morgan fingerprint density at radius 3 is 1.18 bits per heavy atom. The molecule has 0 radical (unpaired) electrons. The minimum atomic E-state index is -1.31. The largest absolute Gasteiger partial charge is 0.376 e. The molecule has 0 unspecified atom stereocenters. The van der Waals surface area contributed by atoms with E-state index in [1.165, 1.54) is 7.11 Å². The molecule has 1 N–H and O–H groups in total. The van der Waals surface area contributed by atoms with Crippen LogP contribution < -0.4 is 0 Å². The lowest BCUT2D eigenvalue weighted by Gasteiger charge is -2.49. The van der Waals surface area contributed by atoms with Crippen LogP contribution in [0.1, 0.15) is 27.8 Å². The number of benzene rings is 5. The summed E-state index contributed by atoms with van der Waals surface area (Å²) in [6.45, 7) is 1.72. The first-order chi connectivity index (χ1) is 29.6. The Hall–Kier alpha value is -4.34. The third-order valence-corrected chi connectivity index (χ3v) is 10.7. The minimum absolute atomic E-state index is 0.0789. The van der Waals surface area contributed by atoms with Gasteiger partial charge in [-0.05, 0) is 27.8 Å². The quantitative estimate of drug-likeness (QED) is 0.0824. The van der Waals surface area contributed by atoms with Crippen LogP contribution in [-0.4, -0.2) is 94.0 Å². The summed E-state index contributed by atoms with van der Waals surface area (Å²) in [5.41, 5.74) is 4.95.